The summed E-state index contributed by atoms with van der Waals surface area (Å²) in [6.45, 7) is 3.95. The van der Waals surface area contributed by atoms with Crippen molar-refractivity contribution >= 4 is 0 Å². The van der Waals surface area contributed by atoms with Crippen molar-refractivity contribution in [1.82, 2.24) is 5.32 Å². The standard InChI is InChI=1S/C13H23NO2/c1-3-14-12(11-6-4-5-9-16-11)13(15-2)10-7-8-10/h6,10,12-14H,3-5,7-9H2,1-2H3. The van der Waals surface area contributed by atoms with Crippen LogP contribution in [0.15, 0.2) is 11.8 Å². The van der Waals surface area contributed by atoms with E-state index in [1.54, 1.807) is 0 Å². The number of ether oxygens (including phenoxy) is 2. The average Bonchev–Trinajstić information content (AvgIpc) is 3.15. The zero-order chi connectivity index (χ0) is 11.4. The van der Waals surface area contributed by atoms with Crippen LogP contribution in [-0.4, -0.2) is 32.4 Å². The summed E-state index contributed by atoms with van der Waals surface area (Å²) in [5.74, 6) is 1.83. The van der Waals surface area contributed by atoms with Crippen molar-refractivity contribution in [3.05, 3.63) is 11.8 Å². The van der Waals surface area contributed by atoms with Gasteiger partial charge < -0.3 is 14.8 Å². The summed E-state index contributed by atoms with van der Waals surface area (Å²) >= 11 is 0. The van der Waals surface area contributed by atoms with Crippen molar-refractivity contribution in [3.8, 4) is 0 Å². The van der Waals surface area contributed by atoms with Gasteiger partial charge in [-0.15, -0.1) is 0 Å². The summed E-state index contributed by atoms with van der Waals surface area (Å²) in [5.41, 5.74) is 0. The van der Waals surface area contributed by atoms with Gasteiger partial charge in [-0.25, -0.2) is 0 Å². The number of allylic oxidation sites excluding steroid dienone is 1. The summed E-state index contributed by atoms with van der Waals surface area (Å²) in [6.07, 6.45) is 7.39. The molecule has 0 spiro atoms. The van der Waals surface area contributed by atoms with E-state index in [4.69, 9.17) is 9.47 Å². The smallest absolute Gasteiger partial charge is 0.112 e. The summed E-state index contributed by atoms with van der Waals surface area (Å²) < 4.78 is 11.4. The van der Waals surface area contributed by atoms with E-state index in [9.17, 15) is 0 Å². The molecule has 92 valence electrons. The number of nitrogens with one attached hydrogen (secondary N) is 1. The predicted molar refractivity (Wildman–Crippen MR) is 64.3 cm³/mol. The molecule has 16 heavy (non-hydrogen) atoms. The molecule has 2 rings (SSSR count). The highest BCUT2D eigenvalue weighted by atomic mass is 16.5. The highest BCUT2D eigenvalue weighted by Crippen LogP contribution is 2.37. The summed E-state index contributed by atoms with van der Waals surface area (Å²) in [6, 6.07) is 0.253. The van der Waals surface area contributed by atoms with Gasteiger partial charge in [-0.2, -0.15) is 0 Å². The molecule has 1 N–H and O–H groups in total. The quantitative estimate of drug-likeness (QED) is 0.751. The maximum atomic E-state index is 5.77. The molecule has 3 nitrogen and oxygen atoms in total. The largest absolute Gasteiger partial charge is 0.496 e. The molecule has 2 atom stereocenters. The molecule has 1 heterocycles. The lowest BCUT2D eigenvalue weighted by Crippen LogP contribution is -2.44. The monoisotopic (exact) mass is 225 g/mol. The van der Waals surface area contributed by atoms with Crippen molar-refractivity contribution in [3.63, 3.8) is 0 Å². The van der Waals surface area contributed by atoms with E-state index in [-0.39, 0.29) is 12.1 Å². The Morgan fingerprint density at radius 3 is 2.88 bits per heavy atom. The second-order valence-corrected chi connectivity index (χ2v) is 4.67. The Balaban J connectivity index is 2.04. The Morgan fingerprint density at radius 1 is 1.56 bits per heavy atom. The fourth-order valence-corrected chi connectivity index (χ4v) is 2.42. The van der Waals surface area contributed by atoms with E-state index in [1.165, 1.54) is 12.8 Å². The van der Waals surface area contributed by atoms with E-state index < -0.39 is 0 Å². The molecule has 0 radical (unpaired) electrons. The molecule has 1 saturated carbocycles. The normalized spacial score (nSPS) is 24.5. The number of rotatable bonds is 6. The third-order valence-corrected chi connectivity index (χ3v) is 3.38. The first-order valence-electron chi connectivity index (χ1n) is 6.45. The Hall–Kier alpha value is -0.540. The molecule has 0 aromatic heterocycles. The third kappa shape index (κ3) is 2.77. The minimum Gasteiger partial charge on any atom is -0.496 e. The van der Waals surface area contributed by atoms with Gasteiger partial charge in [0, 0.05) is 7.11 Å². The number of methoxy groups -OCH3 is 1. The van der Waals surface area contributed by atoms with Gasteiger partial charge >= 0.3 is 0 Å². The molecule has 1 aliphatic carbocycles. The molecule has 0 amide bonds. The molecule has 1 aliphatic heterocycles. The zero-order valence-corrected chi connectivity index (χ0v) is 10.4. The SMILES string of the molecule is CCNC(C1=CCCCO1)C(OC)C1CC1. The second-order valence-electron chi connectivity index (χ2n) is 4.67. The van der Waals surface area contributed by atoms with Crippen LogP contribution in [0.1, 0.15) is 32.6 Å². The zero-order valence-electron chi connectivity index (χ0n) is 10.4. The minimum atomic E-state index is 0.253. The van der Waals surface area contributed by atoms with E-state index in [1.807, 2.05) is 7.11 Å². The molecular weight excluding hydrogens is 202 g/mol. The number of hydrogen-bond acceptors (Lipinski definition) is 3. The van der Waals surface area contributed by atoms with Gasteiger partial charge in [-0.1, -0.05) is 6.92 Å². The summed E-state index contributed by atoms with van der Waals surface area (Å²) in [7, 11) is 1.82. The van der Waals surface area contributed by atoms with Crippen LogP contribution in [0.2, 0.25) is 0 Å². The van der Waals surface area contributed by atoms with Gasteiger partial charge in [0.15, 0.2) is 0 Å². The maximum Gasteiger partial charge on any atom is 0.112 e. The van der Waals surface area contributed by atoms with Crippen LogP contribution >= 0.6 is 0 Å². The molecule has 1 fully saturated rings. The van der Waals surface area contributed by atoms with Crippen LogP contribution in [0.5, 0.6) is 0 Å². The van der Waals surface area contributed by atoms with Crippen LogP contribution in [0.4, 0.5) is 0 Å². The Bertz CT molecular complexity index is 248. The first-order valence-corrected chi connectivity index (χ1v) is 6.45. The van der Waals surface area contributed by atoms with Crippen LogP contribution in [0, 0.1) is 5.92 Å². The Morgan fingerprint density at radius 2 is 2.38 bits per heavy atom. The van der Waals surface area contributed by atoms with Gasteiger partial charge in [0.1, 0.15) is 5.76 Å². The van der Waals surface area contributed by atoms with Crippen molar-refractivity contribution in [2.45, 2.75) is 44.8 Å². The van der Waals surface area contributed by atoms with E-state index in [0.717, 1.165) is 37.7 Å². The number of likely N-dealkylation sites (N-methyl/N-ethyl adjacent to an activating group) is 1. The molecule has 3 heteroatoms. The van der Waals surface area contributed by atoms with Crippen molar-refractivity contribution in [2.24, 2.45) is 5.92 Å². The van der Waals surface area contributed by atoms with Crippen LogP contribution in [0.3, 0.4) is 0 Å². The van der Waals surface area contributed by atoms with Crippen molar-refractivity contribution in [1.29, 1.82) is 0 Å². The summed E-state index contributed by atoms with van der Waals surface area (Å²) in [5, 5.41) is 3.51. The van der Waals surface area contributed by atoms with Crippen LogP contribution in [0.25, 0.3) is 0 Å². The lowest BCUT2D eigenvalue weighted by molar-refractivity contribution is 0.0364. The van der Waals surface area contributed by atoms with Gasteiger partial charge in [0.25, 0.3) is 0 Å². The fraction of sp³-hybridized carbons (Fsp3) is 0.846. The van der Waals surface area contributed by atoms with Gasteiger partial charge in [-0.05, 0) is 44.2 Å². The number of hydrogen-bond donors (Lipinski definition) is 1. The van der Waals surface area contributed by atoms with Crippen molar-refractivity contribution in [2.75, 3.05) is 20.3 Å². The topological polar surface area (TPSA) is 30.5 Å². The van der Waals surface area contributed by atoms with Crippen molar-refractivity contribution < 1.29 is 9.47 Å². The Labute approximate surface area is 98.2 Å². The molecule has 0 bridgehead atoms. The third-order valence-electron chi connectivity index (χ3n) is 3.38. The lowest BCUT2D eigenvalue weighted by atomic mass is 10.0. The van der Waals surface area contributed by atoms with Gasteiger partial charge in [0.05, 0.1) is 18.8 Å². The maximum absolute atomic E-state index is 5.77. The summed E-state index contributed by atoms with van der Waals surface area (Å²) in [4.78, 5) is 0. The van der Waals surface area contributed by atoms with Gasteiger partial charge in [-0.3, -0.25) is 0 Å². The molecule has 0 aromatic carbocycles. The Kier molecular flexibility index (Phi) is 4.24. The first kappa shape index (κ1) is 11.9. The fourth-order valence-electron chi connectivity index (χ4n) is 2.42. The second kappa shape index (κ2) is 5.69. The van der Waals surface area contributed by atoms with E-state index in [2.05, 4.69) is 18.3 Å². The molecule has 2 aliphatic rings. The average molecular weight is 225 g/mol. The molecule has 0 aromatic rings. The molecule has 0 saturated heterocycles. The van der Waals surface area contributed by atoms with Crippen LogP contribution < -0.4 is 5.32 Å². The van der Waals surface area contributed by atoms with Crippen LogP contribution in [-0.2, 0) is 9.47 Å². The highest BCUT2D eigenvalue weighted by molar-refractivity contribution is 5.11. The van der Waals surface area contributed by atoms with Gasteiger partial charge in [0.2, 0.25) is 0 Å². The minimum absolute atomic E-state index is 0.253. The van der Waals surface area contributed by atoms with E-state index in [0.29, 0.717) is 0 Å². The highest BCUT2D eigenvalue weighted by Gasteiger charge is 2.38. The predicted octanol–water partition coefficient (Wildman–Crippen LogP) is 2.08. The molecular formula is C13H23NO2. The first-order chi connectivity index (χ1) is 7.86. The lowest BCUT2D eigenvalue weighted by Gasteiger charge is -2.30. The molecule has 2 unspecified atom stereocenters. The van der Waals surface area contributed by atoms with E-state index >= 15 is 0 Å².